The van der Waals surface area contributed by atoms with Gasteiger partial charge in [0.25, 0.3) is 0 Å². The predicted octanol–water partition coefficient (Wildman–Crippen LogP) is 3.06. The minimum atomic E-state index is -0.907. The number of H-pyrrole nitrogens is 1. The number of benzene rings is 2. The molecule has 0 aliphatic heterocycles. The van der Waals surface area contributed by atoms with Crippen molar-refractivity contribution in [3.63, 3.8) is 0 Å². The summed E-state index contributed by atoms with van der Waals surface area (Å²) >= 11 is 0. The number of rotatable bonds is 6. The zero-order valence-corrected chi connectivity index (χ0v) is 12.5. The quantitative estimate of drug-likeness (QED) is 0.654. The monoisotopic (exact) mass is 307 g/mol. The molecule has 0 unspecified atom stereocenters. The van der Waals surface area contributed by atoms with Crippen molar-refractivity contribution in [3.8, 4) is 11.3 Å². The Labute approximate surface area is 134 Å². The Morgan fingerprint density at radius 1 is 1.04 bits per heavy atom. The van der Waals surface area contributed by atoms with Crippen LogP contribution in [0.25, 0.3) is 11.3 Å². The van der Waals surface area contributed by atoms with Crippen molar-refractivity contribution in [1.29, 1.82) is 0 Å². The molecule has 3 rings (SSSR count). The van der Waals surface area contributed by atoms with Gasteiger partial charge in [0.2, 0.25) is 0 Å². The number of hydrogen-bond acceptors (Lipinski definition) is 3. The van der Waals surface area contributed by atoms with Crippen molar-refractivity contribution >= 4 is 5.97 Å². The molecule has 0 aliphatic rings. The fourth-order valence-corrected chi connectivity index (χ4v) is 2.32. The Hall–Kier alpha value is -2.92. The third-order valence-electron chi connectivity index (χ3n) is 3.55. The van der Waals surface area contributed by atoms with E-state index in [4.69, 9.17) is 5.11 Å². The topological polar surface area (TPSA) is 78.0 Å². The van der Waals surface area contributed by atoms with Crippen molar-refractivity contribution in [3.05, 3.63) is 77.5 Å². The Bertz CT molecular complexity index is 780. The van der Waals surface area contributed by atoms with E-state index in [9.17, 15) is 4.79 Å². The van der Waals surface area contributed by atoms with Crippen LogP contribution < -0.4 is 5.32 Å². The van der Waals surface area contributed by atoms with Crippen molar-refractivity contribution < 1.29 is 9.90 Å². The van der Waals surface area contributed by atoms with Crippen molar-refractivity contribution in [2.75, 3.05) is 0 Å². The molecule has 2 aromatic carbocycles. The second-order valence-corrected chi connectivity index (χ2v) is 5.25. The van der Waals surface area contributed by atoms with Gasteiger partial charge in [0.15, 0.2) is 0 Å². The highest BCUT2D eigenvalue weighted by Gasteiger charge is 2.04. The van der Waals surface area contributed by atoms with Crippen LogP contribution >= 0.6 is 0 Å². The van der Waals surface area contributed by atoms with Gasteiger partial charge in [-0.25, -0.2) is 4.79 Å². The van der Waals surface area contributed by atoms with E-state index in [1.165, 1.54) is 0 Å². The highest BCUT2D eigenvalue weighted by Crippen LogP contribution is 2.16. The first-order valence-corrected chi connectivity index (χ1v) is 7.35. The summed E-state index contributed by atoms with van der Waals surface area (Å²) in [5.74, 6) is -0.907. The van der Waals surface area contributed by atoms with Gasteiger partial charge in [0, 0.05) is 24.3 Å². The molecule has 0 aliphatic carbocycles. The van der Waals surface area contributed by atoms with E-state index in [0.717, 1.165) is 22.5 Å². The minimum Gasteiger partial charge on any atom is -0.478 e. The van der Waals surface area contributed by atoms with Crippen LogP contribution in [0.15, 0.2) is 60.7 Å². The SMILES string of the molecule is O=C(O)c1ccc(CNCc2cc(-c3ccccc3)n[nH]2)cc1. The molecule has 5 nitrogen and oxygen atoms in total. The summed E-state index contributed by atoms with van der Waals surface area (Å²) in [6, 6.07) is 18.9. The highest BCUT2D eigenvalue weighted by molar-refractivity contribution is 5.87. The van der Waals surface area contributed by atoms with Crippen LogP contribution in [0.4, 0.5) is 0 Å². The molecular formula is C18H17N3O2. The van der Waals surface area contributed by atoms with Gasteiger partial charge in [-0.1, -0.05) is 42.5 Å². The molecule has 3 N–H and O–H groups in total. The molecule has 0 atom stereocenters. The second-order valence-electron chi connectivity index (χ2n) is 5.25. The van der Waals surface area contributed by atoms with Crippen LogP contribution in [0.5, 0.6) is 0 Å². The summed E-state index contributed by atoms with van der Waals surface area (Å²) in [6.45, 7) is 1.33. The van der Waals surface area contributed by atoms with E-state index in [-0.39, 0.29) is 0 Å². The third-order valence-corrected chi connectivity index (χ3v) is 3.55. The molecule has 0 amide bonds. The zero-order chi connectivity index (χ0) is 16.1. The molecule has 0 bridgehead atoms. The number of hydrogen-bond donors (Lipinski definition) is 3. The van der Waals surface area contributed by atoms with E-state index in [1.54, 1.807) is 12.1 Å². The Morgan fingerprint density at radius 3 is 2.48 bits per heavy atom. The fourth-order valence-electron chi connectivity index (χ4n) is 2.32. The molecule has 0 saturated carbocycles. The van der Waals surface area contributed by atoms with Gasteiger partial charge in [0.1, 0.15) is 0 Å². The minimum absolute atomic E-state index is 0.301. The molecule has 23 heavy (non-hydrogen) atoms. The molecule has 0 saturated heterocycles. The fraction of sp³-hybridized carbons (Fsp3) is 0.111. The Morgan fingerprint density at radius 2 is 1.78 bits per heavy atom. The number of aromatic nitrogens is 2. The Balaban J connectivity index is 1.55. The molecule has 0 radical (unpaired) electrons. The first-order chi connectivity index (χ1) is 11.2. The standard InChI is InChI=1S/C18H17N3O2/c22-18(23)15-8-6-13(7-9-15)11-19-12-16-10-17(21-20-16)14-4-2-1-3-5-14/h1-10,19H,11-12H2,(H,20,21)(H,22,23). The molecule has 0 spiro atoms. The van der Waals surface area contributed by atoms with E-state index >= 15 is 0 Å². The normalized spacial score (nSPS) is 10.6. The predicted molar refractivity (Wildman–Crippen MR) is 88.0 cm³/mol. The number of nitrogens with zero attached hydrogens (tertiary/aromatic N) is 1. The lowest BCUT2D eigenvalue weighted by molar-refractivity contribution is 0.0697. The van der Waals surface area contributed by atoms with E-state index in [2.05, 4.69) is 15.5 Å². The maximum absolute atomic E-state index is 10.8. The zero-order valence-electron chi connectivity index (χ0n) is 12.5. The van der Waals surface area contributed by atoms with Gasteiger partial charge in [-0.05, 0) is 23.8 Å². The second kappa shape index (κ2) is 6.89. The summed E-state index contributed by atoms with van der Waals surface area (Å²) in [5, 5.41) is 19.5. The number of carbonyl (C=O) groups is 1. The molecule has 3 aromatic rings. The van der Waals surface area contributed by atoms with Crippen molar-refractivity contribution in [2.45, 2.75) is 13.1 Å². The van der Waals surface area contributed by atoms with E-state index in [0.29, 0.717) is 18.7 Å². The molecule has 5 heteroatoms. The van der Waals surface area contributed by atoms with E-state index < -0.39 is 5.97 Å². The average molecular weight is 307 g/mol. The van der Waals surface area contributed by atoms with Gasteiger partial charge >= 0.3 is 5.97 Å². The van der Waals surface area contributed by atoms with Gasteiger partial charge in [-0.15, -0.1) is 0 Å². The number of nitrogens with one attached hydrogen (secondary N) is 2. The lowest BCUT2D eigenvalue weighted by atomic mass is 10.1. The highest BCUT2D eigenvalue weighted by atomic mass is 16.4. The number of carboxylic acids is 1. The summed E-state index contributed by atoms with van der Waals surface area (Å²) < 4.78 is 0. The first kappa shape index (κ1) is 15.0. The van der Waals surface area contributed by atoms with Gasteiger partial charge in [-0.2, -0.15) is 5.10 Å². The Kier molecular flexibility index (Phi) is 4.49. The largest absolute Gasteiger partial charge is 0.478 e. The van der Waals surface area contributed by atoms with Crippen LogP contribution in [0, 0.1) is 0 Å². The van der Waals surface area contributed by atoms with Crippen LogP contribution in [-0.2, 0) is 13.1 Å². The summed E-state index contributed by atoms with van der Waals surface area (Å²) in [7, 11) is 0. The van der Waals surface area contributed by atoms with Crippen LogP contribution in [0.3, 0.4) is 0 Å². The third kappa shape index (κ3) is 3.84. The van der Waals surface area contributed by atoms with Crippen molar-refractivity contribution in [2.24, 2.45) is 0 Å². The smallest absolute Gasteiger partial charge is 0.335 e. The van der Waals surface area contributed by atoms with Crippen molar-refractivity contribution in [1.82, 2.24) is 15.5 Å². The van der Waals surface area contributed by atoms with Crippen LogP contribution in [0.2, 0.25) is 0 Å². The van der Waals surface area contributed by atoms with Gasteiger partial charge < -0.3 is 10.4 Å². The average Bonchev–Trinajstić information content (AvgIpc) is 3.05. The number of carboxylic acid groups (broad SMARTS) is 1. The molecule has 0 fully saturated rings. The van der Waals surface area contributed by atoms with E-state index in [1.807, 2.05) is 48.5 Å². The maximum Gasteiger partial charge on any atom is 0.335 e. The molecule has 1 heterocycles. The molecule has 116 valence electrons. The van der Waals surface area contributed by atoms with Crippen LogP contribution in [-0.4, -0.2) is 21.3 Å². The maximum atomic E-state index is 10.8. The molecule has 1 aromatic heterocycles. The molecular weight excluding hydrogens is 290 g/mol. The first-order valence-electron chi connectivity index (χ1n) is 7.35. The summed E-state index contributed by atoms with van der Waals surface area (Å²) in [5.41, 5.74) is 4.35. The summed E-state index contributed by atoms with van der Waals surface area (Å²) in [4.78, 5) is 10.8. The van der Waals surface area contributed by atoms with Gasteiger partial charge in [-0.3, -0.25) is 5.10 Å². The number of aromatic amines is 1. The summed E-state index contributed by atoms with van der Waals surface area (Å²) in [6.07, 6.45) is 0. The lowest BCUT2D eigenvalue weighted by Gasteiger charge is -2.03. The lowest BCUT2D eigenvalue weighted by Crippen LogP contribution is -2.13. The van der Waals surface area contributed by atoms with Gasteiger partial charge in [0.05, 0.1) is 11.3 Å². The number of aromatic carboxylic acids is 1. The van der Waals surface area contributed by atoms with Crippen LogP contribution in [0.1, 0.15) is 21.6 Å².